The summed E-state index contributed by atoms with van der Waals surface area (Å²) in [6.45, 7) is 6.34. The second-order valence-electron chi connectivity index (χ2n) is 4.41. The summed E-state index contributed by atoms with van der Waals surface area (Å²) in [6, 6.07) is 0.522. The van der Waals surface area contributed by atoms with Crippen LogP contribution < -0.4 is 10.2 Å². The lowest BCUT2D eigenvalue weighted by Crippen LogP contribution is -2.41. The summed E-state index contributed by atoms with van der Waals surface area (Å²) >= 11 is 5.57. The van der Waals surface area contributed by atoms with E-state index in [4.69, 9.17) is 0 Å². The van der Waals surface area contributed by atoms with Crippen LogP contribution in [0.1, 0.15) is 20.3 Å². The lowest BCUT2D eigenvalue weighted by Gasteiger charge is -2.34. The quantitative estimate of drug-likeness (QED) is 0.919. The Labute approximate surface area is 121 Å². The van der Waals surface area contributed by atoms with Gasteiger partial charge in [0.2, 0.25) is 5.95 Å². The molecule has 1 aromatic heterocycles. The molecule has 6 heteroatoms. The molecule has 0 bridgehead atoms. The molecule has 0 aromatic carbocycles. The van der Waals surface area contributed by atoms with Crippen LogP contribution in [0, 0.1) is 0 Å². The Morgan fingerprint density at radius 1 is 1.61 bits per heavy atom. The number of halogens is 1. The number of nitrogens with zero attached hydrogens (tertiary/aromatic N) is 3. The summed E-state index contributed by atoms with van der Waals surface area (Å²) in [7, 11) is 0. The summed E-state index contributed by atoms with van der Waals surface area (Å²) in [4.78, 5) is 11.3. The molecule has 18 heavy (non-hydrogen) atoms. The van der Waals surface area contributed by atoms with Gasteiger partial charge in [-0.05, 0) is 29.3 Å². The van der Waals surface area contributed by atoms with Crippen LogP contribution in [0.3, 0.4) is 0 Å². The van der Waals surface area contributed by atoms with Crippen molar-refractivity contribution in [3.63, 3.8) is 0 Å². The highest BCUT2D eigenvalue weighted by atomic mass is 79.9. The lowest BCUT2D eigenvalue weighted by molar-refractivity contribution is 0.687. The Bertz CT molecular complexity index is 402. The van der Waals surface area contributed by atoms with E-state index in [9.17, 15) is 0 Å². The molecule has 0 radical (unpaired) electrons. The average molecular weight is 331 g/mol. The molecule has 0 saturated carbocycles. The molecule has 2 heterocycles. The largest absolute Gasteiger partial charge is 0.354 e. The van der Waals surface area contributed by atoms with E-state index in [-0.39, 0.29) is 0 Å². The fourth-order valence-corrected chi connectivity index (χ4v) is 3.36. The third-order valence-corrected chi connectivity index (χ3v) is 4.65. The Hall–Kier alpha value is -0.490. The van der Waals surface area contributed by atoms with E-state index < -0.39 is 0 Å². The average Bonchev–Trinajstić information content (AvgIpc) is 2.39. The van der Waals surface area contributed by atoms with E-state index in [1.165, 1.54) is 5.75 Å². The van der Waals surface area contributed by atoms with Crippen LogP contribution in [0.4, 0.5) is 11.8 Å². The standard InChI is InChI=1S/C12H19BrN4S/c1-3-4-14-12-15-7-10(13)11(16-12)17-5-6-18-8-9(17)2/h7,9H,3-6,8H2,1-2H3,(H,14,15,16). The molecule has 1 unspecified atom stereocenters. The van der Waals surface area contributed by atoms with Crippen LogP contribution in [0.25, 0.3) is 0 Å². The first-order valence-corrected chi connectivity index (χ1v) is 8.28. The Kier molecular flexibility index (Phi) is 5.12. The van der Waals surface area contributed by atoms with Crippen molar-refractivity contribution in [2.45, 2.75) is 26.3 Å². The molecule has 100 valence electrons. The van der Waals surface area contributed by atoms with Gasteiger partial charge in [0.15, 0.2) is 0 Å². The molecule has 1 aliphatic rings. The van der Waals surface area contributed by atoms with Gasteiger partial charge in [0.25, 0.3) is 0 Å². The number of hydrogen-bond donors (Lipinski definition) is 1. The molecule has 0 spiro atoms. The smallest absolute Gasteiger partial charge is 0.224 e. The van der Waals surface area contributed by atoms with Crippen LogP contribution in [0.2, 0.25) is 0 Å². The lowest BCUT2D eigenvalue weighted by atomic mass is 10.3. The maximum Gasteiger partial charge on any atom is 0.224 e. The molecule has 1 fully saturated rings. The predicted molar refractivity (Wildman–Crippen MR) is 82.6 cm³/mol. The highest BCUT2D eigenvalue weighted by molar-refractivity contribution is 9.10. The summed E-state index contributed by atoms with van der Waals surface area (Å²) in [6.07, 6.45) is 2.92. The second kappa shape index (κ2) is 6.61. The van der Waals surface area contributed by atoms with Gasteiger partial charge in [-0.25, -0.2) is 4.98 Å². The first-order valence-electron chi connectivity index (χ1n) is 6.33. The van der Waals surface area contributed by atoms with E-state index in [0.29, 0.717) is 6.04 Å². The number of rotatable bonds is 4. The van der Waals surface area contributed by atoms with Crippen molar-refractivity contribution in [1.29, 1.82) is 0 Å². The molecule has 4 nitrogen and oxygen atoms in total. The normalized spacial score (nSPS) is 19.9. The van der Waals surface area contributed by atoms with Crippen LogP contribution in [0.5, 0.6) is 0 Å². The molecule has 2 rings (SSSR count). The first kappa shape index (κ1) is 13.9. The third kappa shape index (κ3) is 3.29. The van der Waals surface area contributed by atoms with Crippen molar-refractivity contribution in [3.05, 3.63) is 10.7 Å². The number of hydrogen-bond acceptors (Lipinski definition) is 5. The number of anilines is 2. The van der Waals surface area contributed by atoms with Gasteiger partial charge in [-0.15, -0.1) is 0 Å². The van der Waals surface area contributed by atoms with Crippen molar-refractivity contribution in [2.75, 3.05) is 34.8 Å². The number of aromatic nitrogens is 2. The van der Waals surface area contributed by atoms with E-state index in [1.807, 2.05) is 18.0 Å². The molecule has 1 aromatic rings. The highest BCUT2D eigenvalue weighted by Gasteiger charge is 2.22. The Morgan fingerprint density at radius 3 is 3.17 bits per heavy atom. The van der Waals surface area contributed by atoms with Gasteiger partial charge in [0.05, 0.1) is 4.47 Å². The maximum absolute atomic E-state index is 4.63. The van der Waals surface area contributed by atoms with Gasteiger partial charge in [0.1, 0.15) is 5.82 Å². The minimum Gasteiger partial charge on any atom is -0.354 e. The zero-order valence-corrected chi connectivity index (χ0v) is 13.2. The monoisotopic (exact) mass is 330 g/mol. The molecule has 1 N–H and O–H groups in total. The van der Waals surface area contributed by atoms with Crippen LogP contribution in [-0.2, 0) is 0 Å². The minimum atomic E-state index is 0.522. The summed E-state index contributed by atoms with van der Waals surface area (Å²) in [5.74, 6) is 4.06. The highest BCUT2D eigenvalue weighted by Crippen LogP contribution is 2.29. The van der Waals surface area contributed by atoms with Gasteiger partial charge in [-0.1, -0.05) is 6.92 Å². The van der Waals surface area contributed by atoms with Crippen molar-refractivity contribution in [2.24, 2.45) is 0 Å². The molecule has 0 aliphatic carbocycles. The zero-order valence-electron chi connectivity index (χ0n) is 10.8. The fraction of sp³-hybridized carbons (Fsp3) is 0.667. The molecule has 0 amide bonds. The number of thioether (sulfide) groups is 1. The molecular weight excluding hydrogens is 312 g/mol. The van der Waals surface area contributed by atoms with Crippen molar-refractivity contribution < 1.29 is 0 Å². The second-order valence-corrected chi connectivity index (χ2v) is 6.41. The van der Waals surface area contributed by atoms with E-state index in [2.05, 4.69) is 50.0 Å². The molecule has 1 saturated heterocycles. The first-order chi connectivity index (χ1) is 8.72. The van der Waals surface area contributed by atoms with E-state index in [1.54, 1.807) is 0 Å². The topological polar surface area (TPSA) is 41.1 Å². The van der Waals surface area contributed by atoms with E-state index >= 15 is 0 Å². The van der Waals surface area contributed by atoms with Gasteiger partial charge in [-0.3, -0.25) is 0 Å². The van der Waals surface area contributed by atoms with Crippen LogP contribution >= 0.6 is 27.7 Å². The van der Waals surface area contributed by atoms with Crippen molar-refractivity contribution >= 4 is 39.5 Å². The van der Waals surface area contributed by atoms with Crippen LogP contribution in [0.15, 0.2) is 10.7 Å². The van der Waals surface area contributed by atoms with Gasteiger partial charge in [0, 0.05) is 36.8 Å². The van der Waals surface area contributed by atoms with Crippen molar-refractivity contribution in [1.82, 2.24) is 9.97 Å². The summed E-state index contributed by atoms with van der Waals surface area (Å²) < 4.78 is 0.975. The molecule has 1 aliphatic heterocycles. The fourth-order valence-electron chi connectivity index (χ4n) is 1.92. The van der Waals surface area contributed by atoms with Gasteiger partial charge >= 0.3 is 0 Å². The predicted octanol–water partition coefficient (Wildman–Crippen LogP) is 3.00. The Balaban J connectivity index is 2.19. The van der Waals surface area contributed by atoms with Crippen molar-refractivity contribution in [3.8, 4) is 0 Å². The summed E-state index contributed by atoms with van der Waals surface area (Å²) in [5, 5.41) is 3.24. The summed E-state index contributed by atoms with van der Waals surface area (Å²) in [5.41, 5.74) is 0. The SMILES string of the molecule is CCCNc1ncc(Br)c(N2CCSCC2C)n1. The Morgan fingerprint density at radius 2 is 2.44 bits per heavy atom. The molecular formula is C12H19BrN4S. The minimum absolute atomic E-state index is 0.522. The van der Waals surface area contributed by atoms with E-state index in [0.717, 1.165) is 41.5 Å². The maximum atomic E-state index is 4.63. The zero-order chi connectivity index (χ0) is 13.0. The van der Waals surface area contributed by atoms with Gasteiger partial charge < -0.3 is 10.2 Å². The number of nitrogens with one attached hydrogen (secondary N) is 1. The van der Waals surface area contributed by atoms with Crippen LogP contribution in [-0.4, -0.2) is 40.6 Å². The molecule has 1 atom stereocenters. The third-order valence-electron chi connectivity index (χ3n) is 2.90. The van der Waals surface area contributed by atoms with Gasteiger partial charge in [-0.2, -0.15) is 16.7 Å².